The number of aliphatic hydroxyl groups is 1. The normalized spacial score (nSPS) is 37.0. The van der Waals surface area contributed by atoms with Gasteiger partial charge in [-0.2, -0.15) is 0 Å². The van der Waals surface area contributed by atoms with Crippen molar-refractivity contribution in [3.63, 3.8) is 0 Å². The minimum Gasteiger partial charge on any atom is -0.408 e. The third-order valence-electron chi connectivity index (χ3n) is 4.56. The molecule has 2 aliphatic rings. The number of ether oxygens (including phenoxy) is 2. The summed E-state index contributed by atoms with van der Waals surface area (Å²) in [5, 5.41) is 10.2. The van der Waals surface area contributed by atoms with Crippen molar-refractivity contribution in [1.82, 2.24) is 0 Å². The van der Waals surface area contributed by atoms with Gasteiger partial charge >= 0.3 is 0 Å². The zero-order valence-electron chi connectivity index (χ0n) is 13.6. The summed E-state index contributed by atoms with van der Waals surface area (Å²) in [6.45, 7) is 14.8. The van der Waals surface area contributed by atoms with Crippen LogP contribution < -0.4 is 0 Å². The largest absolute Gasteiger partial charge is 0.408 e. The fourth-order valence-electron chi connectivity index (χ4n) is 2.40. The predicted octanol–water partition coefficient (Wildman–Crippen LogP) is 2.83. The number of aliphatic hydroxyl groups excluding tert-OH is 1. The lowest BCUT2D eigenvalue weighted by Crippen LogP contribution is -2.52. The highest BCUT2D eigenvalue weighted by molar-refractivity contribution is 6.74. The Morgan fingerprint density at radius 1 is 1.10 bits per heavy atom. The second kappa shape index (κ2) is 4.92. The maximum absolute atomic E-state index is 10.1. The average Bonchev–Trinajstić information content (AvgIpc) is 2.57. The molecular weight excluding hydrogens is 272 g/mol. The Balaban J connectivity index is 2.19. The molecule has 0 aromatic carbocycles. The van der Waals surface area contributed by atoms with Crippen molar-refractivity contribution in [2.24, 2.45) is 0 Å². The first-order chi connectivity index (χ1) is 8.93. The molecule has 0 saturated carbocycles. The number of rotatable bonds is 2. The van der Waals surface area contributed by atoms with Crippen LogP contribution in [0.25, 0.3) is 0 Å². The summed E-state index contributed by atoms with van der Waals surface area (Å²) in [7, 11) is -1.89. The fourth-order valence-corrected chi connectivity index (χ4v) is 3.65. The Labute approximate surface area is 123 Å². The van der Waals surface area contributed by atoms with Gasteiger partial charge in [0.15, 0.2) is 14.1 Å². The van der Waals surface area contributed by atoms with E-state index in [0.717, 1.165) is 0 Å². The van der Waals surface area contributed by atoms with E-state index >= 15 is 0 Å². The minimum absolute atomic E-state index is 0.140. The minimum atomic E-state index is -1.89. The Morgan fingerprint density at radius 2 is 1.65 bits per heavy atom. The molecule has 1 saturated heterocycles. The molecule has 1 aliphatic heterocycles. The molecule has 1 heterocycles. The second-order valence-corrected chi connectivity index (χ2v) is 12.5. The van der Waals surface area contributed by atoms with Crippen LogP contribution in [0.5, 0.6) is 0 Å². The zero-order chi connectivity index (χ0) is 15.3. The van der Waals surface area contributed by atoms with Gasteiger partial charge in [-0.15, -0.1) is 0 Å². The Hall–Kier alpha value is -0.203. The smallest absolute Gasteiger partial charge is 0.193 e. The Kier molecular flexibility index (Phi) is 3.98. The summed E-state index contributed by atoms with van der Waals surface area (Å²) >= 11 is 0. The van der Waals surface area contributed by atoms with Crippen molar-refractivity contribution in [1.29, 1.82) is 0 Å². The van der Waals surface area contributed by atoms with Gasteiger partial charge in [-0.3, -0.25) is 0 Å². The van der Waals surface area contributed by atoms with E-state index in [-0.39, 0.29) is 23.4 Å². The molecule has 1 aliphatic carbocycles. The summed E-state index contributed by atoms with van der Waals surface area (Å²) in [6.07, 6.45) is 2.34. The highest BCUT2D eigenvalue weighted by Crippen LogP contribution is 2.41. The van der Waals surface area contributed by atoms with Crippen LogP contribution >= 0.6 is 0 Å². The van der Waals surface area contributed by atoms with Crippen LogP contribution in [0.15, 0.2) is 12.2 Å². The molecule has 4 nitrogen and oxygen atoms in total. The molecule has 20 heavy (non-hydrogen) atoms. The molecule has 2 rings (SSSR count). The molecule has 1 N–H and O–H groups in total. The van der Waals surface area contributed by atoms with Crippen LogP contribution in [0.2, 0.25) is 18.1 Å². The number of hydrogen-bond acceptors (Lipinski definition) is 4. The van der Waals surface area contributed by atoms with E-state index in [1.165, 1.54) is 0 Å². The highest BCUT2D eigenvalue weighted by Gasteiger charge is 2.51. The van der Waals surface area contributed by atoms with Gasteiger partial charge in [-0.05, 0) is 32.0 Å². The summed E-state index contributed by atoms with van der Waals surface area (Å²) < 4.78 is 18.2. The standard InChI is InChI=1S/C15H28O4Si/c1-14(2,3)20(6,7)19-11-9-8-10(16)12-13(11)18-15(4,5)17-12/h8-13,16H,1-7H3/t10-,11-,12+,13-/m0/s1. The molecular formula is C15H28O4Si. The van der Waals surface area contributed by atoms with Crippen molar-refractivity contribution >= 4 is 8.32 Å². The average molecular weight is 300 g/mol. The van der Waals surface area contributed by atoms with E-state index in [4.69, 9.17) is 13.9 Å². The van der Waals surface area contributed by atoms with Gasteiger partial charge in [0.2, 0.25) is 0 Å². The lowest BCUT2D eigenvalue weighted by atomic mass is 9.96. The molecule has 4 atom stereocenters. The van der Waals surface area contributed by atoms with Gasteiger partial charge in [0.05, 0.1) is 6.10 Å². The number of hydrogen-bond donors (Lipinski definition) is 1. The molecule has 1 fully saturated rings. The topological polar surface area (TPSA) is 47.9 Å². The summed E-state index contributed by atoms with van der Waals surface area (Å²) in [5.41, 5.74) is 0. The zero-order valence-corrected chi connectivity index (χ0v) is 14.6. The van der Waals surface area contributed by atoms with Gasteiger partial charge in [0, 0.05) is 0 Å². The highest BCUT2D eigenvalue weighted by atomic mass is 28.4. The van der Waals surface area contributed by atoms with Crippen LogP contribution in [-0.2, 0) is 13.9 Å². The van der Waals surface area contributed by atoms with E-state index in [0.29, 0.717) is 0 Å². The molecule has 0 amide bonds. The van der Waals surface area contributed by atoms with Crippen molar-refractivity contribution in [2.75, 3.05) is 0 Å². The van der Waals surface area contributed by atoms with Gasteiger partial charge in [-0.25, -0.2) is 0 Å². The molecule has 0 unspecified atom stereocenters. The van der Waals surface area contributed by atoms with Crippen molar-refractivity contribution in [2.45, 2.75) is 83.0 Å². The molecule has 0 bridgehead atoms. The van der Waals surface area contributed by atoms with Gasteiger partial charge in [0.25, 0.3) is 0 Å². The second-order valence-electron chi connectivity index (χ2n) is 7.78. The monoisotopic (exact) mass is 300 g/mol. The Morgan fingerprint density at radius 3 is 2.20 bits per heavy atom. The summed E-state index contributed by atoms with van der Waals surface area (Å²) in [5.74, 6) is -0.669. The molecule has 0 aromatic rings. The Bertz CT molecular complexity index is 397. The maximum atomic E-state index is 10.1. The first-order valence-electron chi connectivity index (χ1n) is 7.33. The van der Waals surface area contributed by atoms with E-state index in [1.54, 1.807) is 6.08 Å². The first-order valence-corrected chi connectivity index (χ1v) is 10.2. The van der Waals surface area contributed by atoms with Crippen LogP contribution in [0.4, 0.5) is 0 Å². The third kappa shape index (κ3) is 3.02. The molecule has 0 aromatic heterocycles. The van der Waals surface area contributed by atoms with Crippen molar-refractivity contribution in [3.05, 3.63) is 12.2 Å². The molecule has 0 spiro atoms. The van der Waals surface area contributed by atoms with Crippen molar-refractivity contribution < 1.29 is 19.0 Å². The summed E-state index contributed by atoms with van der Waals surface area (Å²) in [6, 6.07) is 0. The fraction of sp³-hybridized carbons (Fsp3) is 0.867. The molecule has 0 radical (unpaired) electrons. The van der Waals surface area contributed by atoms with Gasteiger partial charge in [-0.1, -0.05) is 32.9 Å². The van der Waals surface area contributed by atoms with Gasteiger partial charge in [0.1, 0.15) is 18.3 Å². The SMILES string of the molecule is CC1(C)O[C@@H]2[C@H](O1)[C@@H](O)C=C[C@@H]2O[Si](C)(C)C(C)(C)C. The van der Waals surface area contributed by atoms with E-state index in [9.17, 15) is 5.11 Å². The van der Waals surface area contributed by atoms with Gasteiger partial charge < -0.3 is 19.0 Å². The maximum Gasteiger partial charge on any atom is 0.193 e. The quantitative estimate of drug-likeness (QED) is 0.629. The van der Waals surface area contributed by atoms with Crippen molar-refractivity contribution in [3.8, 4) is 0 Å². The van der Waals surface area contributed by atoms with Crippen LogP contribution in [-0.4, -0.2) is 43.6 Å². The van der Waals surface area contributed by atoms with Crippen LogP contribution in [0.3, 0.4) is 0 Å². The third-order valence-corrected chi connectivity index (χ3v) is 9.03. The molecule has 116 valence electrons. The van der Waals surface area contributed by atoms with Crippen LogP contribution in [0.1, 0.15) is 34.6 Å². The van der Waals surface area contributed by atoms with E-state index in [1.807, 2.05) is 19.9 Å². The van der Waals surface area contributed by atoms with E-state index in [2.05, 4.69) is 33.9 Å². The van der Waals surface area contributed by atoms with Crippen LogP contribution in [0, 0.1) is 0 Å². The number of fused-ring (bicyclic) bond motifs is 1. The lowest BCUT2D eigenvalue weighted by Gasteiger charge is -2.41. The summed E-state index contributed by atoms with van der Waals surface area (Å²) in [4.78, 5) is 0. The molecule has 5 heteroatoms. The first kappa shape index (κ1) is 16.2. The lowest BCUT2D eigenvalue weighted by molar-refractivity contribution is -0.155. The van der Waals surface area contributed by atoms with E-state index < -0.39 is 20.2 Å². The predicted molar refractivity (Wildman–Crippen MR) is 81.0 cm³/mol.